The van der Waals surface area contributed by atoms with E-state index in [1.54, 1.807) is 6.07 Å². The van der Waals surface area contributed by atoms with E-state index >= 15 is 0 Å². The highest BCUT2D eigenvalue weighted by molar-refractivity contribution is 5.67. The van der Waals surface area contributed by atoms with Crippen LogP contribution in [-0.2, 0) is 0 Å². The first kappa shape index (κ1) is 20.1. The van der Waals surface area contributed by atoms with Crippen molar-refractivity contribution in [1.29, 1.82) is 5.26 Å². The average Bonchev–Trinajstić information content (AvgIpc) is 3.17. The zero-order chi connectivity index (χ0) is 21.1. The summed E-state index contributed by atoms with van der Waals surface area (Å²) in [5, 5.41) is 17.2. The molecule has 1 aliphatic rings. The molecule has 3 aromatic rings. The third-order valence-electron chi connectivity index (χ3n) is 5.77. The molecule has 2 aromatic carbocycles. The Bertz CT molecular complexity index is 1060. The Labute approximate surface area is 176 Å². The maximum Gasteiger partial charge on any atom is 0.149 e. The highest BCUT2D eigenvalue weighted by atomic mass is 19.1. The van der Waals surface area contributed by atoms with Crippen LogP contribution in [0, 0.1) is 30.0 Å². The number of aromatic nitrogens is 2. The number of nitriles is 1. The van der Waals surface area contributed by atoms with Crippen molar-refractivity contribution in [3.8, 4) is 23.0 Å². The summed E-state index contributed by atoms with van der Waals surface area (Å²) in [5.74, 6) is 0.751. The lowest BCUT2D eigenvalue weighted by Gasteiger charge is -2.26. The van der Waals surface area contributed by atoms with Crippen LogP contribution < -0.4 is 11.1 Å². The number of benzene rings is 2. The monoisotopic (exact) mass is 403 g/mol. The lowest BCUT2D eigenvalue weighted by Crippen LogP contribution is -2.31. The molecule has 4 rings (SSSR count). The molecule has 0 aliphatic heterocycles. The van der Waals surface area contributed by atoms with Gasteiger partial charge in [-0.15, -0.1) is 5.10 Å². The van der Waals surface area contributed by atoms with Crippen LogP contribution in [0.2, 0.25) is 0 Å². The van der Waals surface area contributed by atoms with E-state index in [1.807, 2.05) is 48.0 Å². The number of hydrogen-bond acceptors (Lipinski definition) is 4. The summed E-state index contributed by atoms with van der Waals surface area (Å²) in [4.78, 5) is 0. The van der Waals surface area contributed by atoms with Crippen LogP contribution in [0.4, 0.5) is 10.2 Å². The number of nitrogens with zero attached hydrogens (tertiary/aromatic N) is 3. The number of nitrogens with two attached hydrogens (primary N) is 1. The molecule has 0 saturated heterocycles. The lowest BCUT2D eigenvalue weighted by atomic mass is 9.86. The number of aryl methyl sites for hydroxylation is 1. The van der Waals surface area contributed by atoms with Gasteiger partial charge in [0.2, 0.25) is 0 Å². The Kier molecular flexibility index (Phi) is 5.82. The summed E-state index contributed by atoms with van der Waals surface area (Å²) < 4.78 is 16.1. The molecule has 30 heavy (non-hydrogen) atoms. The molecule has 1 aliphatic carbocycles. The minimum absolute atomic E-state index is 0.0344. The molecule has 1 heterocycles. The molecule has 1 aromatic heterocycles. The van der Waals surface area contributed by atoms with Gasteiger partial charge in [-0.1, -0.05) is 30.2 Å². The van der Waals surface area contributed by atoms with Gasteiger partial charge in [0.15, 0.2) is 0 Å². The summed E-state index contributed by atoms with van der Waals surface area (Å²) in [7, 11) is 0. The van der Waals surface area contributed by atoms with E-state index in [0.29, 0.717) is 11.5 Å². The van der Waals surface area contributed by atoms with Gasteiger partial charge < -0.3 is 11.1 Å². The van der Waals surface area contributed by atoms with Gasteiger partial charge in [-0.25, -0.2) is 9.07 Å². The first-order valence-electron chi connectivity index (χ1n) is 10.4. The van der Waals surface area contributed by atoms with Crippen molar-refractivity contribution >= 4 is 5.82 Å². The van der Waals surface area contributed by atoms with Crippen LogP contribution in [0.1, 0.15) is 36.8 Å². The number of halogens is 1. The molecule has 0 spiro atoms. The minimum Gasteiger partial charge on any atom is -0.368 e. The van der Waals surface area contributed by atoms with Gasteiger partial charge in [0.05, 0.1) is 16.9 Å². The van der Waals surface area contributed by atoms with Crippen molar-refractivity contribution in [2.75, 3.05) is 11.9 Å². The summed E-state index contributed by atoms with van der Waals surface area (Å²) >= 11 is 0. The summed E-state index contributed by atoms with van der Waals surface area (Å²) in [5.41, 5.74) is 9.65. The van der Waals surface area contributed by atoms with Crippen LogP contribution in [0.3, 0.4) is 0 Å². The van der Waals surface area contributed by atoms with E-state index in [-0.39, 0.29) is 11.6 Å². The number of anilines is 1. The fourth-order valence-corrected chi connectivity index (χ4v) is 4.09. The quantitative estimate of drug-likeness (QED) is 0.642. The second-order valence-corrected chi connectivity index (χ2v) is 8.14. The van der Waals surface area contributed by atoms with E-state index in [4.69, 9.17) is 16.1 Å². The zero-order valence-electron chi connectivity index (χ0n) is 17.1. The number of hydrogen-bond donors (Lipinski definition) is 2. The highest BCUT2D eigenvalue weighted by Gasteiger charge is 2.20. The molecule has 0 bridgehead atoms. The maximum absolute atomic E-state index is 14.3. The molecular formula is C24H26FN5. The van der Waals surface area contributed by atoms with Crippen molar-refractivity contribution in [1.82, 2.24) is 9.78 Å². The normalized spacial score (nSPS) is 18.7. The Morgan fingerprint density at radius 3 is 2.70 bits per heavy atom. The van der Waals surface area contributed by atoms with E-state index in [0.717, 1.165) is 42.1 Å². The van der Waals surface area contributed by atoms with Crippen molar-refractivity contribution in [2.24, 2.45) is 11.7 Å². The molecular weight excluding hydrogens is 377 g/mol. The molecule has 5 nitrogen and oxygen atoms in total. The SMILES string of the molecule is Cc1ccc(-n2nc(NC[C@@H]3CCC[C@@H](N)C3)cc2-c2ccc(C#N)c(F)c2)cc1. The van der Waals surface area contributed by atoms with Crippen molar-refractivity contribution in [2.45, 2.75) is 38.6 Å². The average molecular weight is 404 g/mol. The van der Waals surface area contributed by atoms with Gasteiger partial charge in [-0.3, -0.25) is 0 Å². The molecule has 0 unspecified atom stereocenters. The van der Waals surface area contributed by atoms with Crippen LogP contribution in [-0.4, -0.2) is 22.4 Å². The van der Waals surface area contributed by atoms with E-state index in [1.165, 1.54) is 25.0 Å². The Balaban J connectivity index is 1.66. The van der Waals surface area contributed by atoms with E-state index < -0.39 is 5.82 Å². The zero-order valence-corrected chi connectivity index (χ0v) is 17.1. The Morgan fingerprint density at radius 2 is 2.00 bits per heavy atom. The maximum atomic E-state index is 14.3. The van der Waals surface area contributed by atoms with Crippen molar-refractivity contribution < 1.29 is 4.39 Å². The summed E-state index contributed by atoms with van der Waals surface area (Å²) in [6.45, 7) is 2.85. The first-order chi connectivity index (χ1) is 14.5. The van der Waals surface area contributed by atoms with Crippen molar-refractivity contribution in [3.05, 3.63) is 65.5 Å². The van der Waals surface area contributed by atoms with Gasteiger partial charge in [0, 0.05) is 24.2 Å². The molecule has 1 fully saturated rings. The molecule has 2 atom stereocenters. The largest absolute Gasteiger partial charge is 0.368 e. The van der Waals surface area contributed by atoms with E-state index in [9.17, 15) is 4.39 Å². The second-order valence-electron chi connectivity index (χ2n) is 8.14. The fraction of sp³-hybridized carbons (Fsp3) is 0.333. The van der Waals surface area contributed by atoms with Gasteiger partial charge in [-0.2, -0.15) is 5.26 Å². The highest BCUT2D eigenvalue weighted by Crippen LogP contribution is 2.29. The summed E-state index contributed by atoms with van der Waals surface area (Å²) in [6.07, 6.45) is 4.47. The molecule has 1 saturated carbocycles. The number of rotatable bonds is 5. The predicted octanol–water partition coefficient (Wildman–Crippen LogP) is 4.79. The second kappa shape index (κ2) is 8.68. The Hall–Kier alpha value is -3.17. The number of nitrogens with one attached hydrogen (secondary N) is 1. The van der Waals surface area contributed by atoms with Crippen molar-refractivity contribution in [3.63, 3.8) is 0 Å². The third-order valence-corrected chi connectivity index (χ3v) is 5.77. The topological polar surface area (TPSA) is 79.7 Å². The van der Waals surface area contributed by atoms with Gasteiger partial charge >= 0.3 is 0 Å². The predicted molar refractivity (Wildman–Crippen MR) is 117 cm³/mol. The fourth-order valence-electron chi connectivity index (χ4n) is 4.09. The van der Waals surface area contributed by atoms with Gasteiger partial charge in [0.1, 0.15) is 17.7 Å². The molecule has 154 valence electrons. The molecule has 0 amide bonds. The van der Waals surface area contributed by atoms with Gasteiger partial charge in [0.25, 0.3) is 0 Å². The van der Waals surface area contributed by atoms with E-state index in [2.05, 4.69) is 5.32 Å². The molecule has 0 radical (unpaired) electrons. The van der Waals surface area contributed by atoms with Crippen LogP contribution in [0.25, 0.3) is 16.9 Å². The first-order valence-corrected chi connectivity index (χ1v) is 10.4. The van der Waals surface area contributed by atoms with Crippen LogP contribution in [0.5, 0.6) is 0 Å². The van der Waals surface area contributed by atoms with Gasteiger partial charge in [-0.05, 0) is 56.4 Å². The standard InChI is InChI=1S/C24H26FN5/c1-16-5-9-21(10-6-16)30-23(18-7-8-19(14-26)22(25)12-18)13-24(29-30)28-15-17-3-2-4-20(27)11-17/h5-10,12-13,17,20H,2-4,11,15,27H2,1H3,(H,28,29)/t17-,20-/m1/s1. The van der Waals surface area contributed by atoms with Crippen LogP contribution >= 0.6 is 0 Å². The smallest absolute Gasteiger partial charge is 0.149 e. The lowest BCUT2D eigenvalue weighted by molar-refractivity contribution is 0.335. The molecule has 6 heteroatoms. The molecule has 3 N–H and O–H groups in total. The Morgan fingerprint density at radius 1 is 1.20 bits per heavy atom. The van der Waals surface area contributed by atoms with Crippen LogP contribution in [0.15, 0.2) is 48.5 Å². The minimum atomic E-state index is -0.530. The summed E-state index contributed by atoms with van der Waals surface area (Å²) in [6, 6.07) is 16.8. The third kappa shape index (κ3) is 4.37.